The lowest BCUT2D eigenvalue weighted by atomic mass is 9.69. The summed E-state index contributed by atoms with van der Waals surface area (Å²) < 4.78 is 87.9. The molecule has 6 nitrogen and oxygen atoms in total. The van der Waals surface area contributed by atoms with Crippen LogP contribution in [0.1, 0.15) is 55.0 Å². The number of hydrogen-bond acceptors (Lipinski definition) is 5. The van der Waals surface area contributed by atoms with Gasteiger partial charge in [-0.15, -0.1) is 0 Å². The van der Waals surface area contributed by atoms with Gasteiger partial charge in [-0.3, -0.25) is 14.6 Å². The molecule has 3 heterocycles. The number of imide groups is 1. The molecule has 2 aromatic carbocycles. The van der Waals surface area contributed by atoms with Crippen molar-refractivity contribution in [1.82, 2.24) is 4.98 Å². The molecule has 0 spiro atoms. The van der Waals surface area contributed by atoms with E-state index < -0.39 is 64.8 Å². The fraction of sp³-hybridized carbons (Fsp3) is 0.343. The van der Waals surface area contributed by atoms with Crippen molar-refractivity contribution in [2.24, 2.45) is 17.8 Å². The molecule has 0 unspecified atom stereocenters. The predicted molar refractivity (Wildman–Crippen MR) is 161 cm³/mol. The summed E-state index contributed by atoms with van der Waals surface area (Å²) in [6, 6.07) is 13.2. The lowest BCUT2D eigenvalue weighted by molar-refractivity contribution is -0.143. The van der Waals surface area contributed by atoms with E-state index in [0.717, 1.165) is 16.7 Å². The van der Waals surface area contributed by atoms with Gasteiger partial charge in [0.25, 0.3) is 0 Å². The molecule has 2 amide bonds. The molecule has 246 valence electrons. The van der Waals surface area contributed by atoms with Crippen molar-refractivity contribution in [3.63, 3.8) is 0 Å². The van der Waals surface area contributed by atoms with E-state index >= 15 is 0 Å². The van der Waals surface area contributed by atoms with Gasteiger partial charge in [-0.25, -0.2) is 4.90 Å². The Hall–Kier alpha value is -4.45. The number of phenols is 1. The first-order valence-electron chi connectivity index (χ1n) is 15.2. The predicted octanol–water partition coefficient (Wildman–Crippen LogP) is 8.08. The number of rotatable bonds is 7. The van der Waals surface area contributed by atoms with Gasteiger partial charge >= 0.3 is 12.4 Å². The number of para-hydroxylation sites is 1. The first kappa shape index (κ1) is 32.5. The van der Waals surface area contributed by atoms with E-state index in [9.17, 15) is 41.0 Å². The third-order valence-corrected chi connectivity index (χ3v) is 9.20. The Kier molecular flexibility index (Phi) is 8.50. The number of hydrogen-bond donors (Lipinski definition) is 1. The first-order valence-corrected chi connectivity index (χ1v) is 15.2. The van der Waals surface area contributed by atoms with E-state index in [2.05, 4.69) is 4.98 Å². The van der Waals surface area contributed by atoms with Gasteiger partial charge in [-0.1, -0.05) is 36.8 Å². The molecule has 1 aliphatic carbocycles. The Morgan fingerprint density at radius 1 is 0.957 bits per heavy atom. The third kappa shape index (κ3) is 6.18. The number of alkyl halides is 6. The summed E-state index contributed by atoms with van der Waals surface area (Å²) in [7, 11) is 0. The molecule has 2 aliphatic heterocycles. The second-order valence-electron chi connectivity index (χ2n) is 11.9. The van der Waals surface area contributed by atoms with Crippen LogP contribution in [0.2, 0.25) is 0 Å². The monoisotopic (exact) mass is 656 g/mol. The maximum absolute atomic E-state index is 13.8. The summed E-state index contributed by atoms with van der Waals surface area (Å²) in [5, 5.41) is 10.4. The van der Waals surface area contributed by atoms with Crippen LogP contribution in [0, 0.1) is 17.8 Å². The van der Waals surface area contributed by atoms with Crippen LogP contribution >= 0.6 is 0 Å². The fourth-order valence-corrected chi connectivity index (χ4v) is 7.04. The molecule has 6 rings (SSSR count). The summed E-state index contributed by atoms with van der Waals surface area (Å²) >= 11 is 0. The largest absolute Gasteiger partial charge is 0.507 e. The summed E-state index contributed by atoms with van der Waals surface area (Å²) in [5.41, 5.74) is -0.0660. The second kappa shape index (κ2) is 12.3. The topological polar surface area (TPSA) is 79.7 Å². The molecule has 1 N–H and O–H groups in total. The zero-order valence-corrected chi connectivity index (χ0v) is 25.1. The van der Waals surface area contributed by atoms with Gasteiger partial charge in [0.1, 0.15) is 5.75 Å². The van der Waals surface area contributed by atoms with Gasteiger partial charge < -0.3 is 9.84 Å². The SMILES string of the molecule is CCC1=C2[C@@H](CC/C(=C/c3ccccc3O)c3ccccn3)OC[C@@H]2[C@@H]2C(=O)N(c3cc(C(F)(F)F)cc(C(F)(F)F)c3)C(=O)[C@@H]2C1. The smallest absolute Gasteiger partial charge is 0.416 e. The van der Waals surface area contributed by atoms with Gasteiger partial charge in [0.2, 0.25) is 11.8 Å². The molecular weight excluding hydrogens is 626 g/mol. The Morgan fingerprint density at radius 2 is 1.64 bits per heavy atom. The van der Waals surface area contributed by atoms with Crippen LogP contribution in [0.5, 0.6) is 5.75 Å². The summed E-state index contributed by atoms with van der Waals surface area (Å²) in [6.07, 6.45) is -5.57. The van der Waals surface area contributed by atoms with Gasteiger partial charge in [-0.05, 0) is 79.3 Å². The zero-order chi connectivity index (χ0) is 33.7. The third-order valence-electron chi connectivity index (χ3n) is 9.20. The lowest BCUT2D eigenvalue weighted by Gasteiger charge is -2.31. The number of carbonyl (C=O) groups is 2. The standard InChI is InChI=1S/C35H30F6N2O4/c1-2-19-14-25-31(33(46)43(32(25)45)24-16-22(34(36,37)38)15-23(17-24)35(39,40)41)26-18-47-29(30(19)26)11-10-20(27-8-5-6-12-42-27)13-21-7-3-4-9-28(21)44/h3-9,12-13,15-17,25-26,29,31,44H,2,10-11,14,18H2,1H3/b20-13-/t25-,26+,29-,31-/m1/s1. The molecule has 3 aliphatic rings. The first-order chi connectivity index (χ1) is 22.3. The Labute approximate surface area is 266 Å². The minimum atomic E-state index is -5.13. The average Bonchev–Trinajstić information content (AvgIpc) is 3.56. The highest BCUT2D eigenvalue weighted by atomic mass is 19.4. The van der Waals surface area contributed by atoms with Crippen molar-refractivity contribution in [2.75, 3.05) is 11.5 Å². The van der Waals surface area contributed by atoms with Crippen LogP contribution in [0.4, 0.5) is 32.0 Å². The number of fused-ring (bicyclic) bond motifs is 3. The van der Waals surface area contributed by atoms with Crippen molar-refractivity contribution in [2.45, 2.75) is 51.1 Å². The average molecular weight is 657 g/mol. The van der Waals surface area contributed by atoms with Crippen molar-refractivity contribution in [3.05, 3.63) is 100 Å². The van der Waals surface area contributed by atoms with Crippen LogP contribution in [0.25, 0.3) is 11.6 Å². The van der Waals surface area contributed by atoms with E-state index in [1.54, 1.807) is 36.5 Å². The summed E-state index contributed by atoms with van der Waals surface area (Å²) in [5.74, 6) is -4.00. The van der Waals surface area contributed by atoms with Crippen molar-refractivity contribution in [1.29, 1.82) is 0 Å². The number of aromatic nitrogens is 1. The number of benzene rings is 2. The van der Waals surface area contributed by atoms with Crippen LogP contribution in [-0.4, -0.2) is 34.6 Å². The molecule has 47 heavy (non-hydrogen) atoms. The minimum Gasteiger partial charge on any atom is -0.507 e. The van der Waals surface area contributed by atoms with Crippen LogP contribution in [-0.2, 0) is 26.7 Å². The molecule has 2 fully saturated rings. The van der Waals surface area contributed by atoms with Crippen molar-refractivity contribution in [3.8, 4) is 5.75 Å². The molecule has 4 atom stereocenters. The molecule has 2 saturated heterocycles. The van der Waals surface area contributed by atoms with Gasteiger partial charge in [0.05, 0.1) is 47.1 Å². The maximum atomic E-state index is 13.8. The fourth-order valence-electron chi connectivity index (χ4n) is 7.04. The summed E-state index contributed by atoms with van der Waals surface area (Å²) in [4.78, 5) is 32.4. The quantitative estimate of drug-likeness (QED) is 0.158. The highest BCUT2D eigenvalue weighted by Crippen LogP contribution is 2.52. The number of allylic oxidation sites excluding steroid dienone is 2. The highest BCUT2D eigenvalue weighted by molar-refractivity contribution is 6.22. The van der Waals surface area contributed by atoms with E-state index in [1.165, 1.54) is 0 Å². The van der Waals surface area contributed by atoms with E-state index in [4.69, 9.17) is 4.74 Å². The van der Waals surface area contributed by atoms with Crippen molar-refractivity contribution < 1.29 is 45.8 Å². The Balaban J connectivity index is 1.30. The number of carbonyl (C=O) groups excluding carboxylic acids is 2. The number of nitrogens with zero attached hydrogens (tertiary/aromatic N) is 2. The normalized spacial score (nSPS) is 23.4. The van der Waals surface area contributed by atoms with Gasteiger partial charge in [-0.2, -0.15) is 26.3 Å². The van der Waals surface area contributed by atoms with E-state index in [-0.39, 0.29) is 24.8 Å². The molecular formula is C35H30F6N2O4. The van der Waals surface area contributed by atoms with Crippen LogP contribution in [0.15, 0.2) is 78.0 Å². The maximum Gasteiger partial charge on any atom is 0.416 e. The van der Waals surface area contributed by atoms with Crippen LogP contribution < -0.4 is 4.90 Å². The minimum absolute atomic E-state index is 0.0291. The lowest BCUT2D eigenvalue weighted by Crippen LogP contribution is -2.34. The number of anilines is 1. The van der Waals surface area contributed by atoms with Crippen molar-refractivity contribution >= 4 is 29.2 Å². The molecule has 0 bridgehead atoms. The van der Waals surface area contributed by atoms with Gasteiger partial charge in [0.15, 0.2) is 0 Å². The Morgan fingerprint density at radius 3 is 2.26 bits per heavy atom. The highest BCUT2D eigenvalue weighted by Gasteiger charge is 2.57. The number of pyridine rings is 1. The Bertz CT molecular complexity index is 1730. The molecule has 0 radical (unpaired) electrons. The number of phenolic OH excluding ortho intramolecular Hbond substituents is 1. The van der Waals surface area contributed by atoms with E-state index in [0.29, 0.717) is 47.6 Å². The number of ether oxygens (including phenoxy) is 1. The van der Waals surface area contributed by atoms with Crippen LogP contribution in [0.3, 0.4) is 0 Å². The summed E-state index contributed by atoms with van der Waals surface area (Å²) in [6.45, 7) is 1.98. The zero-order valence-electron chi connectivity index (χ0n) is 25.1. The van der Waals surface area contributed by atoms with Gasteiger partial charge in [0, 0.05) is 17.7 Å². The number of aromatic hydroxyl groups is 1. The molecule has 12 heteroatoms. The number of amides is 2. The molecule has 1 aromatic heterocycles. The molecule has 3 aromatic rings. The molecule has 0 saturated carbocycles. The van der Waals surface area contributed by atoms with E-state index in [1.807, 2.05) is 25.1 Å². The number of halogens is 6. The second-order valence-corrected chi connectivity index (χ2v) is 11.9.